The highest BCUT2D eigenvalue weighted by Gasteiger charge is 2.57. The lowest BCUT2D eigenvalue weighted by Crippen LogP contribution is -2.46. The van der Waals surface area contributed by atoms with Crippen molar-refractivity contribution in [1.82, 2.24) is 10.6 Å². The van der Waals surface area contributed by atoms with Crippen molar-refractivity contribution in [3.05, 3.63) is 82.9 Å². The third-order valence-electron chi connectivity index (χ3n) is 7.40. The molecule has 3 aliphatic heterocycles. The lowest BCUT2D eigenvalue weighted by atomic mass is 9.77. The van der Waals surface area contributed by atoms with E-state index >= 15 is 0 Å². The van der Waals surface area contributed by atoms with E-state index in [2.05, 4.69) is 41.8 Å². The Bertz CT molecular complexity index is 1360. The Hall–Kier alpha value is -4.20. The predicted octanol–water partition coefficient (Wildman–Crippen LogP) is 3.54. The summed E-state index contributed by atoms with van der Waals surface area (Å²) in [5.41, 5.74) is 4.06. The van der Waals surface area contributed by atoms with E-state index < -0.39 is 5.41 Å². The standard InChI is InChI=1S/C29H29N3O5/c1-2-19-7-9-20(10-8-19)11-12-30-28(34)31-13-14-32-23-6-4-3-5-21(23)29(27(32)33)17-35-24-16-26-25(15-22(24)29)36-18-37-26/h3-10,15-16H,2,11-14,17-18H2,1H3,(H2,30,31,34). The molecule has 3 heterocycles. The van der Waals surface area contributed by atoms with Gasteiger partial charge in [0, 0.05) is 37.0 Å². The molecule has 0 saturated heterocycles. The van der Waals surface area contributed by atoms with Crippen molar-refractivity contribution in [2.75, 3.05) is 37.9 Å². The quantitative estimate of drug-likeness (QED) is 0.519. The van der Waals surface area contributed by atoms with Crippen molar-refractivity contribution >= 4 is 17.6 Å². The fourth-order valence-corrected chi connectivity index (χ4v) is 5.39. The van der Waals surface area contributed by atoms with Gasteiger partial charge < -0.3 is 29.7 Å². The van der Waals surface area contributed by atoms with Gasteiger partial charge in [-0.15, -0.1) is 0 Å². The molecule has 190 valence electrons. The summed E-state index contributed by atoms with van der Waals surface area (Å²) < 4.78 is 17.1. The molecule has 0 aromatic heterocycles. The summed E-state index contributed by atoms with van der Waals surface area (Å²) in [4.78, 5) is 28.1. The van der Waals surface area contributed by atoms with Crippen LogP contribution >= 0.6 is 0 Å². The number of hydrogen-bond acceptors (Lipinski definition) is 5. The summed E-state index contributed by atoms with van der Waals surface area (Å²) >= 11 is 0. The number of nitrogens with zero attached hydrogens (tertiary/aromatic N) is 1. The van der Waals surface area contributed by atoms with Gasteiger partial charge in [0.15, 0.2) is 11.5 Å². The first-order valence-electron chi connectivity index (χ1n) is 12.7. The van der Waals surface area contributed by atoms with Crippen LogP contribution in [-0.4, -0.2) is 45.0 Å². The minimum absolute atomic E-state index is 0.0657. The maximum atomic E-state index is 13.9. The third-order valence-corrected chi connectivity index (χ3v) is 7.40. The number of urea groups is 1. The number of para-hydroxylation sites is 1. The Morgan fingerprint density at radius 3 is 2.43 bits per heavy atom. The zero-order valence-electron chi connectivity index (χ0n) is 20.7. The molecule has 2 N–H and O–H groups in total. The number of benzene rings is 3. The Morgan fingerprint density at radius 2 is 1.62 bits per heavy atom. The first-order valence-corrected chi connectivity index (χ1v) is 12.7. The number of aryl methyl sites for hydroxylation is 1. The highest BCUT2D eigenvalue weighted by Crippen LogP contribution is 2.54. The molecule has 6 rings (SSSR count). The van der Waals surface area contributed by atoms with Crippen LogP contribution in [0.4, 0.5) is 10.5 Å². The van der Waals surface area contributed by atoms with Gasteiger partial charge in [0.2, 0.25) is 12.7 Å². The second kappa shape index (κ2) is 9.35. The summed E-state index contributed by atoms with van der Waals surface area (Å²) in [7, 11) is 0. The van der Waals surface area contributed by atoms with Gasteiger partial charge >= 0.3 is 6.03 Å². The molecule has 8 nitrogen and oxygen atoms in total. The van der Waals surface area contributed by atoms with E-state index in [1.807, 2.05) is 30.3 Å². The zero-order chi connectivity index (χ0) is 25.4. The van der Waals surface area contributed by atoms with Crippen molar-refractivity contribution in [3.63, 3.8) is 0 Å². The van der Waals surface area contributed by atoms with E-state index in [0.717, 1.165) is 29.7 Å². The van der Waals surface area contributed by atoms with Crippen LogP contribution in [0.5, 0.6) is 17.2 Å². The zero-order valence-corrected chi connectivity index (χ0v) is 20.7. The Labute approximate surface area is 215 Å². The van der Waals surface area contributed by atoms with Crippen molar-refractivity contribution in [2.45, 2.75) is 25.2 Å². The van der Waals surface area contributed by atoms with Crippen molar-refractivity contribution < 1.29 is 23.8 Å². The highest BCUT2D eigenvalue weighted by molar-refractivity contribution is 6.11. The Morgan fingerprint density at radius 1 is 0.892 bits per heavy atom. The van der Waals surface area contributed by atoms with Gasteiger partial charge in [0.1, 0.15) is 17.8 Å². The molecule has 3 aliphatic rings. The molecule has 0 fully saturated rings. The van der Waals surface area contributed by atoms with E-state index in [1.54, 1.807) is 11.0 Å². The molecule has 3 aromatic rings. The van der Waals surface area contributed by atoms with Crippen molar-refractivity contribution in [1.29, 1.82) is 0 Å². The summed E-state index contributed by atoms with van der Waals surface area (Å²) in [5.74, 6) is 1.81. The molecule has 3 amide bonds. The first kappa shape index (κ1) is 23.2. The average Bonchev–Trinajstić information content (AvgIpc) is 3.60. The number of nitrogens with one attached hydrogen (secondary N) is 2. The van der Waals surface area contributed by atoms with Crippen LogP contribution in [-0.2, 0) is 23.1 Å². The van der Waals surface area contributed by atoms with Gasteiger partial charge in [-0.2, -0.15) is 0 Å². The third kappa shape index (κ3) is 3.93. The Balaban J connectivity index is 1.11. The van der Waals surface area contributed by atoms with Gasteiger partial charge in [-0.3, -0.25) is 4.79 Å². The lowest BCUT2D eigenvalue weighted by molar-refractivity contribution is -0.122. The van der Waals surface area contributed by atoms with Crippen molar-refractivity contribution in [2.24, 2.45) is 0 Å². The number of carbonyl (C=O) groups excluding carboxylic acids is 2. The van der Waals surface area contributed by atoms with E-state index in [1.165, 1.54) is 11.1 Å². The maximum absolute atomic E-state index is 13.9. The smallest absolute Gasteiger partial charge is 0.314 e. The summed E-state index contributed by atoms with van der Waals surface area (Å²) in [5, 5.41) is 5.79. The fraction of sp³-hybridized carbons (Fsp3) is 0.310. The van der Waals surface area contributed by atoms with E-state index in [9.17, 15) is 9.59 Å². The van der Waals surface area contributed by atoms with E-state index in [4.69, 9.17) is 14.2 Å². The van der Waals surface area contributed by atoms with E-state index in [0.29, 0.717) is 36.9 Å². The highest BCUT2D eigenvalue weighted by atomic mass is 16.7. The van der Waals surface area contributed by atoms with Crippen molar-refractivity contribution in [3.8, 4) is 17.2 Å². The molecular weight excluding hydrogens is 470 g/mol. The predicted molar refractivity (Wildman–Crippen MR) is 139 cm³/mol. The number of carbonyl (C=O) groups is 2. The average molecular weight is 500 g/mol. The van der Waals surface area contributed by atoms with Crippen LogP contribution in [0.15, 0.2) is 60.7 Å². The largest absolute Gasteiger partial charge is 0.491 e. The van der Waals surface area contributed by atoms with Crippen LogP contribution in [0.1, 0.15) is 29.2 Å². The number of fused-ring (bicyclic) bond motifs is 5. The molecule has 3 aromatic carbocycles. The molecular formula is C29H29N3O5. The first-order chi connectivity index (χ1) is 18.1. The number of ether oxygens (including phenoxy) is 3. The topological polar surface area (TPSA) is 89.1 Å². The number of amides is 3. The van der Waals surface area contributed by atoms with Gasteiger partial charge in [0.05, 0.1) is 0 Å². The minimum Gasteiger partial charge on any atom is -0.491 e. The molecule has 0 radical (unpaired) electrons. The molecule has 0 aliphatic carbocycles. The minimum atomic E-state index is -0.942. The van der Waals surface area contributed by atoms with Crippen LogP contribution in [0.25, 0.3) is 0 Å². The molecule has 1 atom stereocenters. The molecule has 0 saturated carbocycles. The summed E-state index contributed by atoms with van der Waals surface area (Å²) in [6, 6.07) is 19.6. The molecule has 8 heteroatoms. The van der Waals surface area contributed by atoms with Gasteiger partial charge in [0.25, 0.3) is 0 Å². The molecule has 1 spiro atoms. The van der Waals surface area contributed by atoms with Crippen LogP contribution in [0.2, 0.25) is 0 Å². The van der Waals surface area contributed by atoms with Crippen LogP contribution in [0, 0.1) is 0 Å². The Kier molecular flexibility index (Phi) is 5.87. The lowest BCUT2D eigenvalue weighted by Gasteiger charge is -2.23. The molecule has 37 heavy (non-hydrogen) atoms. The maximum Gasteiger partial charge on any atom is 0.314 e. The number of anilines is 1. The number of rotatable bonds is 7. The normalized spacial score (nSPS) is 18.5. The summed E-state index contributed by atoms with van der Waals surface area (Å²) in [6.07, 6.45) is 1.77. The monoisotopic (exact) mass is 499 g/mol. The van der Waals surface area contributed by atoms with Gasteiger partial charge in [-0.05, 0) is 41.7 Å². The molecule has 1 unspecified atom stereocenters. The second-order valence-electron chi connectivity index (χ2n) is 9.47. The van der Waals surface area contributed by atoms with E-state index in [-0.39, 0.29) is 25.3 Å². The van der Waals surface area contributed by atoms with Gasteiger partial charge in [-0.1, -0.05) is 49.4 Å². The summed E-state index contributed by atoms with van der Waals surface area (Å²) in [6.45, 7) is 3.71. The van der Waals surface area contributed by atoms with Gasteiger partial charge in [-0.25, -0.2) is 4.79 Å². The van der Waals surface area contributed by atoms with Crippen LogP contribution < -0.4 is 29.7 Å². The SMILES string of the molecule is CCc1ccc(CCNC(=O)NCCN2C(=O)C3(COc4cc5c(cc43)OCO5)c3ccccc32)cc1. The molecule has 0 bridgehead atoms. The second-order valence-corrected chi connectivity index (χ2v) is 9.47. The number of hydrogen-bond donors (Lipinski definition) is 2. The van der Waals surface area contributed by atoms with Crippen LogP contribution in [0.3, 0.4) is 0 Å². The fourth-order valence-electron chi connectivity index (χ4n) is 5.39.